The fourth-order valence-corrected chi connectivity index (χ4v) is 2.08. The van der Waals surface area contributed by atoms with Gasteiger partial charge in [-0.3, -0.25) is 4.99 Å². The van der Waals surface area contributed by atoms with Gasteiger partial charge in [0.1, 0.15) is 5.75 Å². The van der Waals surface area contributed by atoms with E-state index in [-0.39, 0.29) is 5.97 Å². The molecule has 2 aromatic carbocycles. The van der Waals surface area contributed by atoms with Crippen molar-refractivity contribution in [1.82, 2.24) is 0 Å². The molecule has 0 heterocycles. The van der Waals surface area contributed by atoms with Gasteiger partial charge >= 0.3 is 11.9 Å². The van der Waals surface area contributed by atoms with E-state index in [2.05, 4.69) is 9.73 Å². The second-order valence-corrected chi connectivity index (χ2v) is 5.42. The van der Waals surface area contributed by atoms with Crippen molar-refractivity contribution in [3.05, 3.63) is 59.2 Å². The lowest BCUT2D eigenvalue weighted by atomic mass is 10.1. The van der Waals surface area contributed by atoms with Crippen LogP contribution in [0.15, 0.2) is 47.5 Å². The zero-order valence-electron chi connectivity index (χ0n) is 14.2. The molecule has 0 saturated carbocycles. The summed E-state index contributed by atoms with van der Waals surface area (Å²) in [5.74, 6) is -0.924. The van der Waals surface area contributed by atoms with E-state index in [9.17, 15) is 9.59 Å². The minimum Gasteiger partial charge on any atom is -0.479 e. The van der Waals surface area contributed by atoms with Crippen molar-refractivity contribution < 1.29 is 24.2 Å². The number of hydrogen-bond donors (Lipinski definition) is 1. The van der Waals surface area contributed by atoms with Gasteiger partial charge in [0.25, 0.3) is 0 Å². The molecule has 0 radical (unpaired) electrons. The lowest BCUT2D eigenvalue weighted by Gasteiger charge is -2.10. The number of aryl methyl sites for hydroxylation is 1. The molecular weight excluding hydrogens is 322 g/mol. The van der Waals surface area contributed by atoms with Crippen LogP contribution in [0.25, 0.3) is 0 Å². The molecule has 1 atom stereocenters. The maximum Gasteiger partial charge on any atom is 0.344 e. The monoisotopic (exact) mass is 341 g/mol. The number of ether oxygens (including phenoxy) is 2. The molecule has 0 saturated heterocycles. The molecule has 0 amide bonds. The molecule has 0 spiro atoms. The van der Waals surface area contributed by atoms with Crippen LogP contribution in [0.3, 0.4) is 0 Å². The second-order valence-electron chi connectivity index (χ2n) is 5.42. The predicted molar refractivity (Wildman–Crippen MR) is 93.9 cm³/mol. The van der Waals surface area contributed by atoms with E-state index >= 15 is 0 Å². The lowest BCUT2D eigenvalue weighted by molar-refractivity contribution is -0.144. The van der Waals surface area contributed by atoms with Crippen LogP contribution in [0.4, 0.5) is 5.69 Å². The number of hydrogen-bond acceptors (Lipinski definition) is 5. The fourth-order valence-electron chi connectivity index (χ4n) is 2.08. The van der Waals surface area contributed by atoms with E-state index in [1.807, 2.05) is 6.92 Å². The van der Waals surface area contributed by atoms with Gasteiger partial charge in [-0.25, -0.2) is 9.59 Å². The van der Waals surface area contributed by atoms with E-state index in [4.69, 9.17) is 9.84 Å². The van der Waals surface area contributed by atoms with Gasteiger partial charge in [-0.2, -0.15) is 0 Å². The zero-order chi connectivity index (χ0) is 18.4. The summed E-state index contributed by atoms with van der Waals surface area (Å²) in [7, 11) is 1.34. The first-order valence-corrected chi connectivity index (χ1v) is 7.63. The number of esters is 1. The molecule has 0 aliphatic heterocycles. The van der Waals surface area contributed by atoms with Gasteiger partial charge in [-0.05, 0) is 67.4 Å². The number of carboxylic acids is 1. The van der Waals surface area contributed by atoms with Gasteiger partial charge in [-0.1, -0.05) is 0 Å². The molecule has 0 aromatic heterocycles. The SMILES string of the molecule is COC(=O)c1ccc(N=Cc2ccc(O[C@@H](C)C(=O)O)cc2)c(C)c1. The Balaban J connectivity index is 2.09. The van der Waals surface area contributed by atoms with Crippen molar-refractivity contribution in [3.8, 4) is 5.75 Å². The van der Waals surface area contributed by atoms with Crippen molar-refractivity contribution in [2.75, 3.05) is 7.11 Å². The lowest BCUT2D eigenvalue weighted by Crippen LogP contribution is -2.22. The van der Waals surface area contributed by atoms with Gasteiger partial charge in [0.2, 0.25) is 0 Å². The topological polar surface area (TPSA) is 85.2 Å². The number of carboxylic acid groups (broad SMARTS) is 1. The summed E-state index contributed by atoms with van der Waals surface area (Å²) in [5, 5.41) is 8.83. The van der Waals surface area contributed by atoms with E-state index in [0.29, 0.717) is 11.3 Å². The summed E-state index contributed by atoms with van der Waals surface area (Å²) in [4.78, 5) is 26.7. The molecule has 0 bridgehead atoms. The third-order valence-electron chi connectivity index (χ3n) is 3.51. The molecule has 0 aliphatic rings. The van der Waals surface area contributed by atoms with Crippen LogP contribution in [0.1, 0.15) is 28.4 Å². The van der Waals surface area contributed by atoms with E-state index in [1.165, 1.54) is 14.0 Å². The number of aliphatic carboxylic acids is 1. The molecule has 1 N–H and O–H groups in total. The summed E-state index contributed by atoms with van der Waals surface area (Å²) >= 11 is 0. The molecule has 0 unspecified atom stereocenters. The van der Waals surface area contributed by atoms with Crippen LogP contribution in [-0.4, -0.2) is 36.5 Å². The maximum atomic E-state index is 11.5. The number of carbonyl (C=O) groups is 2. The molecular formula is C19H19NO5. The van der Waals surface area contributed by atoms with Crippen molar-refractivity contribution >= 4 is 23.8 Å². The average Bonchev–Trinajstić information content (AvgIpc) is 2.61. The van der Waals surface area contributed by atoms with E-state index < -0.39 is 12.1 Å². The quantitative estimate of drug-likeness (QED) is 0.643. The smallest absolute Gasteiger partial charge is 0.344 e. The Morgan fingerprint density at radius 2 is 1.84 bits per heavy atom. The number of nitrogens with zero attached hydrogens (tertiary/aromatic N) is 1. The highest BCUT2D eigenvalue weighted by molar-refractivity contribution is 5.90. The van der Waals surface area contributed by atoms with Gasteiger partial charge < -0.3 is 14.6 Å². The molecule has 6 nitrogen and oxygen atoms in total. The third-order valence-corrected chi connectivity index (χ3v) is 3.51. The van der Waals surface area contributed by atoms with E-state index in [0.717, 1.165) is 16.8 Å². The predicted octanol–water partition coefficient (Wildman–Crippen LogP) is 3.38. The molecule has 0 aliphatic carbocycles. The first-order valence-electron chi connectivity index (χ1n) is 7.63. The zero-order valence-corrected chi connectivity index (χ0v) is 14.2. The Morgan fingerprint density at radius 3 is 2.40 bits per heavy atom. The van der Waals surface area contributed by atoms with Gasteiger partial charge in [0, 0.05) is 6.21 Å². The van der Waals surface area contributed by atoms with Crippen LogP contribution in [-0.2, 0) is 9.53 Å². The second kappa shape index (κ2) is 8.10. The molecule has 0 fully saturated rings. The molecule has 2 aromatic rings. The van der Waals surface area contributed by atoms with Gasteiger partial charge in [0.05, 0.1) is 18.4 Å². The van der Waals surface area contributed by atoms with Gasteiger partial charge in [0.15, 0.2) is 6.10 Å². The summed E-state index contributed by atoms with van der Waals surface area (Å²) in [6, 6.07) is 12.1. The summed E-state index contributed by atoms with van der Waals surface area (Å²) in [6.45, 7) is 3.34. The normalized spacial score (nSPS) is 12.0. The minimum absolute atomic E-state index is 0.384. The molecule has 130 valence electrons. The Hall–Kier alpha value is -3.15. The maximum absolute atomic E-state index is 11.5. The Kier molecular flexibility index (Phi) is 5.89. The molecule has 6 heteroatoms. The Labute approximate surface area is 145 Å². The minimum atomic E-state index is -1.02. The number of carbonyl (C=O) groups excluding carboxylic acids is 1. The number of methoxy groups -OCH3 is 1. The van der Waals surface area contributed by atoms with Gasteiger partial charge in [-0.15, -0.1) is 0 Å². The number of benzene rings is 2. The number of aliphatic imine (C=N–C) groups is 1. The van der Waals surface area contributed by atoms with Crippen LogP contribution in [0, 0.1) is 6.92 Å². The average molecular weight is 341 g/mol. The van der Waals surface area contributed by atoms with Crippen molar-refractivity contribution in [2.45, 2.75) is 20.0 Å². The van der Waals surface area contributed by atoms with Crippen LogP contribution < -0.4 is 4.74 Å². The van der Waals surface area contributed by atoms with Crippen LogP contribution in [0.2, 0.25) is 0 Å². The molecule has 2 rings (SSSR count). The standard InChI is InChI=1S/C19H19NO5/c1-12-10-15(19(23)24-3)6-9-17(12)20-11-14-4-7-16(8-5-14)25-13(2)18(21)22/h4-11,13H,1-3H3,(H,21,22)/t13-/m0/s1. The third kappa shape index (κ3) is 4.91. The molecule has 25 heavy (non-hydrogen) atoms. The number of rotatable bonds is 6. The van der Waals surface area contributed by atoms with Crippen molar-refractivity contribution in [1.29, 1.82) is 0 Å². The summed E-state index contributed by atoms with van der Waals surface area (Å²) in [6.07, 6.45) is 0.778. The highest BCUT2D eigenvalue weighted by Crippen LogP contribution is 2.20. The summed E-state index contributed by atoms with van der Waals surface area (Å²) < 4.78 is 9.96. The van der Waals surface area contributed by atoms with Crippen molar-refractivity contribution in [3.63, 3.8) is 0 Å². The highest BCUT2D eigenvalue weighted by Gasteiger charge is 2.12. The summed E-state index contributed by atoms with van der Waals surface area (Å²) in [5.41, 5.74) is 2.92. The first kappa shape index (κ1) is 18.2. The van der Waals surface area contributed by atoms with Crippen LogP contribution in [0.5, 0.6) is 5.75 Å². The Bertz CT molecular complexity index is 796. The van der Waals surface area contributed by atoms with E-state index in [1.54, 1.807) is 48.7 Å². The van der Waals surface area contributed by atoms with Crippen molar-refractivity contribution in [2.24, 2.45) is 4.99 Å². The van der Waals surface area contributed by atoms with Crippen LogP contribution >= 0.6 is 0 Å². The largest absolute Gasteiger partial charge is 0.479 e. The fraction of sp³-hybridized carbons (Fsp3) is 0.211. The highest BCUT2D eigenvalue weighted by atomic mass is 16.5. The Morgan fingerprint density at radius 1 is 1.16 bits per heavy atom. The first-order chi connectivity index (χ1) is 11.9.